The van der Waals surface area contributed by atoms with Crippen molar-refractivity contribution in [3.05, 3.63) is 17.7 Å². The number of hydrogen-bond acceptors (Lipinski definition) is 3. The Labute approximate surface area is 132 Å². The Bertz CT molecular complexity index is 585. The van der Waals surface area contributed by atoms with Crippen LogP contribution in [-0.4, -0.2) is 34.2 Å². The molecular formula is C15H20F3N3O2. The molecule has 8 heteroatoms. The lowest BCUT2D eigenvalue weighted by molar-refractivity contribution is -0.141. The molecule has 3 rings (SSSR count). The second-order valence-corrected chi connectivity index (χ2v) is 6.36. The normalized spacial score (nSPS) is 27.7. The molecule has 3 heterocycles. The number of aromatic nitrogens is 2. The number of aryl methyl sites for hydroxylation is 1. The van der Waals surface area contributed by atoms with E-state index in [0.717, 1.165) is 25.5 Å². The summed E-state index contributed by atoms with van der Waals surface area (Å²) in [6.45, 7) is 2.83. The summed E-state index contributed by atoms with van der Waals surface area (Å²) >= 11 is 0. The number of hydrogen-bond donors (Lipinski definition) is 1. The Kier molecular flexibility index (Phi) is 4.35. The van der Waals surface area contributed by atoms with E-state index < -0.39 is 18.0 Å². The van der Waals surface area contributed by atoms with Gasteiger partial charge in [0.25, 0.3) is 0 Å². The smallest absolute Gasteiger partial charge is 0.365 e. The van der Waals surface area contributed by atoms with E-state index in [1.807, 2.05) is 6.92 Å². The largest absolute Gasteiger partial charge is 0.434 e. The molecular weight excluding hydrogens is 311 g/mol. The summed E-state index contributed by atoms with van der Waals surface area (Å²) in [5, 5.41) is 2.86. The van der Waals surface area contributed by atoms with Gasteiger partial charge in [0.05, 0.1) is 6.10 Å². The second-order valence-electron chi connectivity index (χ2n) is 6.36. The average molecular weight is 331 g/mol. The van der Waals surface area contributed by atoms with Crippen LogP contribution in [0.15, 0.2) is 6.20 Å². The van der Waals surface area contributed by atoms with Crippen molar-refractivity contribution in [1.82, 2.24) is 14.9 Å². The molecule has 0 radical (unpaired) electrons. The molecule has 2 aliphatic rings. The zero-order chi connectivity index (χ0) is 16.6. The van der Waals surface area contributed by atoms with Gasteiger partial charge in [0.15, 0.2) is 5.69 Å². The van der Waals surface area contributed by atoms with Crippen molar-refractivity contribution < 1.29 is 22.7 Å². The first-order chi connectivity index (χ1) is 10.8. The summed E-state index contributed by atoms with van der Waals surface area (Å²) < 4.78 is 45.1. The lowest BCUT2D eigenvalue weighted by atomic mass is 9.99. The zero-order valence-electron chi connectivity index (χ0n) is 12.9. The lowest BCUT2D eigenvalue weighted by Crippen LogP contribution is -2.39. The fourth-order valence-electron chi connectivity index (χ4n) is 3.17. The third-order valence-electron chi connectivity index (χ3n) is 4.47. The molecule has 0 saturated carbocycles. The van der Waals surface area contributed by atoms with Gasteiger partial charge in [-0.05, 0) is 32.1 Å². The number of carbonyl (C=O) groups excluding carboxylic acids is 1. The highest BCUT2D eigenvalue weighted by molar-refractivity contribution is 5.81. The van der Waals surface area contributed by atoms with Gasteiger partial charge in [-0.15, -0.1) is 0 Å². The van der Waals surface area contributed by atoms with Crippen LogP contribution in [0.4, 0.5) is 13.2 Å². The monoisotopic (exact) mass is 331 g/mol. The Balaban J connectivity index is 1.53. The number of alkyl halides is 3. The van der Waals surface area contributed by atoms with Crippen LogP contribution >= 0.6 is 0 Å². The number of carbonyl (C=O) groups is 1. The van der Waals surface area contributed by atoms with Crippen molar-refractivity contribution in [2.45, 2.75) is 57.5 Å². The first-order valence-corrected chi connectivity index (χ1v) is 7.89. The first kappa shape index (κ1) is 16.3. The molecule has 1 aromatic heterocycles. The van der Waals surface area contributed by atoms with Gasteiger partial charge in [0, 0.05) is 25.7 Å². The van der Waals surface area contributed by atoms with E-state index in [0.29, 0.717) is 25.3 Å². The predicted octanol–water partition coefficient (Wildman–Crippen LogP) is 2.15. The van der Waals surface area contributed by atoms with Crippen LogP contribution < -0.4 is 5.32 Å². The summed E-state index contributed by atoms with van der Waals surface area (Å²) in [6.07, 6.45) is -0.832. The maximum absolute atomic E-state index is 12.7. The van der Waals surface area contributed by atoms with Crippen LogP contribution in [0.1, 0.15) is 37.7 Å². The van der Waals surface area contributed by atoms with E-state index in [1.54, 1.807) is 4.57 Å². The van der Waals surface area contributed by atoms with Gasteiger partial charge in [0.1, 0.15) is 11.9 Å². The van der Waals surface area contributed by atoms with E-state index >= 15 is 0 Å². The molecule has 128 valence electrons. The summed E-state index contributed by atoms with van der Waals surface area (Å²) in [6, 6.07) is 0. The predicted molar refractivity (Wildman–Crippen MR) is 75.6 cm³/mol. The lowest BCUT2D eigenvalue weighted by Gasteiger charge is -2.24. The van der Waals surface area contributed by atoms with Gasteiger partial charge in [-0.2, -0.15) is 13.2 Å². The Morgan fingerprint density at radius 1 is 1.43 bits per heavy atom. The average Bonchev–Trinajstić information content (AvgIpc) is 3.09. The van der Waals surface area contributed by atoms with Crippen LogP contribution in [0.2, 0.25) is 0 Å². The Morgan fingerprint density at radius 2 is 2.22 bits per heavy atom. The minimum Gasteiger partial charge on any atom is -0.365 e. The molecule has 1 amide bonds. The molecule has 0 aliphatic carbocycles. The Hall–Kier alpha value is -1.57. The molecule has 23 heavy (non-hydrogen) atoms. The summed E-state index contributed by atoms with van der Waals surface area (Å²) in [4.78, 5) is 15.7. The molecule has 5 nitrogen and oxygen atoms in total. The quantitative estimate of drug-likeness (QED) is 0.923. The van der Waals surface area contributed by atoms with E-state index in [2.05, 4.69) is 10.3 Å². The van der Waals surface area contributed by atoms with E-state index in [1.165, 1.54) is 0 Å². The molecule has 0 spiro atoms. The summed E-state index contributed by atoms with van der Waals surface area (Å²) in [5.41, 5.74) is -0.842. The SMILES string of the molecule is C[C@@H]1CC[C@H](C(=O)NC[C@@H]2CCc3nc(C(F)(F)F)cn3C2)O1. The zero-order valence-corrected chi connectivity index (χ0v) is 12.9. The fraction of sp³-hybridized carbons (Fsp3) is 0.733. The van der Waals surface area contributed by atoms with Crippen LogP contribution in [-0.2, 0) is 28.7 Å². The fourth-order valence-corrected chi connectivity index (χ4v) is 3.17. The third-order valence-corrected chi connectivity index (χ3v) is 4.47. The van der Waals surface area contributed by atoms with Gasteiger partial charge in [0.2, 0.25) is 5.91 Å². The highest BCUT2D eigenvalue weighted by Crippen LogP contribution is 2.30. The molecule has 1 saturated heterocycles. The summed E-state index contributed by atoms with van der Waals surface area (Å²) in [5.74, 6) is 0.454. The summed E-state index contributed by atoms with van der Waals surface area (Å²) in [7, 11) is 0. The van der Waals surface area contributed by atoms with Crippen molar-refractivity contribution in [1.29, 1.82) is 0 Å². The maximum atomic E-state index is 12.7. The standard InChI is InChI=1S/C15H20F3N3O2/c1-9-2-4-11(23-9)14(22)19-6-10-3-5-13-20-12(15(16,17)18)8-21(13)7-10/h8-11H,2-7H2,1H3,(H,19,22)/t9-,10+,11-/m1/s1. The van der Waals surface area contributed by atoms with E-state index in [4.69, 9.17) is 4.74 Å². The first-order valence-electron chi connectivity index (χ1n) is 7.89. The molecule has 1 fully saturated rings. The van der Waals surface area contributed by atoms with Crippen molar-refractivity contribution in [2.75, 3.05) is 6.54 Å². The number of rotatable bonds is 3. The molecule has 3 atom stereocenters. The molecule has 1 aromatic rings. The van der Waals surface area contributed by atoms with Crippen molar-refractivity contribution in [3.8, 4) is 0 Å². The Morgan fingerprint density at radius 3 is 2.87 bits per heavy atom. The van der Waals surface area contributed by atoms with Crippen LogP contribution in [0, 0.1) is 5.92 Å². The van der Waals surface area contributed by atoms with Crippen molar-refractivity contribution in [3.63, 3.8) is 0 Å². The number of fused-ring (bicyclic) bond motifs is 1. The minimum atomic E-state index is -4.41. The van der Waals surface area contributed by atoms with E-state index in [-0.39, 0.29) is 17.9 Å². The molecule has 1 N–H and O–H groups in total. The molecule has 0 aromatic carbocycles. The van der Waals surface area contributed by atoms with E-state index in [9.17, 15) is 18.0 Å². The molecule has 0 unspecified atom stereocenters. The highest BCUT2D eigenvalue weighted by Gasteiger charge is 2.36. The van der Waals surface area contributed by atoms with Gasteiger partial charge < -0.3 is 14.6 Å². The maximum Gasteiger partial charge on any atom is 0.434 e. The second kappa shape index (κ2) is 6.14. The van der Waals surface area contributed by atoms with Crippen molar-refractivity contribution >= 4 is 5.91 Å². The topological polar surface area (TPSA) is 56.2 Å². The van der Waals surface area contributed by atoms with Gasteiger partial charge in [-0.1, -0.05) is 0 Å². The van der Waals surface area contributed by atoms with Gasteiger partial charge in [-0.25, -0.2) is 4.98 Å². The highest BCUT2D eigenvalue weighted by atomic mass is 19.4. The molecule has 0 bridgehead atoms. The minimum absolute atomic E-state index is 0.106. The number of nitrogens with zero attached hydrogens (tertiary/aromatic N) is 2. The van der Waals surface area contributed by atoms with Crippen LogP contribution in [0.5, 0.6) is 0 Å². The van der Waals surface area contributed by atoms with Gasteiger partial charge >= 0.3 is 6.18 Å². The molecule has 2 aliphatic heterocycles. The van der Waals surface area contributed by atoms with Gasteiger partial charge in [-0.3, -0.25) is 4.79 Å². The number of imidazole rings is 1. The van der Waals surface area contributed by atoms with Crippen LogP contribution in [0.25, 0.3) is 0 Å². The number of nitrogens with one attached hydrogen (secondary N) is 1. The number of halogens is 3. The number of amides is 1. The van der Waals surface area contributed by atoms with Crippen LogP contribution in [0.3, 0.4) is 0 Å². The number of ether oxygens (including phenoxy) is 1. The van der Waals surface area contributed by atoms with Crippen molar-refractivity contribution in [2.24, 2.45) is 5.92 Å². The third kappa shape index (κ3) is 3.68.